The van der Waals surface area contributed by atoms with Gasteiger partial charge in [0.05, 0.1) is 28.0 Å². The molecule has 0 saturated heterocycles. The molecule has 0 aromatic heterocycles. The highest BCUT2D eigenvalue weighted by molar-refractivity contribution is 7.90. The molecule has 0 radical (unpaired) electrons. The van der Waals surface area contributed by atoms with Crippen LogP contribution >= 0.6 is 0 Å². The molecular formula is C23H14FN2O5S-. The van der Waals surface area contributed by atoms with Gasteiger partial charge >= 0.3 is 0 Å². The van der Waals surface area contributed by atoms with Crippen LogP contribution in [-0.2, 0) is 10.0 Å². The Hall–Kier alpha value is -4.11. The van der Waals surface area contributed by atoms with E-state index in [1.54, 1.807) is 24.3 Å². The van der Waals surface area contributed by atoms with Gasteiger partial charge < -0.3 is 15.2 Å². The van der Waals surface area contributed by atoms with Crippen molar-refractivity contribution in [2.45, 2.75) is 4.90 Å². The fourth-order valence-corrected chi connectivity index (χ4v) is 4.15. The number of para-hydroxylation sites is 1. The molecule has 32 heavy (non-hydrogen) atoms. The fourth-order valence-electron chi connectivity index (χ4n) is 3.15. The number of anilines is 1. The summed E-state index contributed by atoms with van der Waals surface area (Å²) >= 11 is 0. The molecule has 4 rings (SSSR count). The molecular weight excluding hydrogens is 435 g/mol. The molecule has 0 aliphatic heterocycles. The van der Waals surface area contributed by atoms with Crippen LogP contribution in [0.5, 0.6) is 0 Å². The standard InChI is InChI=1S/C23H15FN2O5S/c24-18-7-3-4-8-19(18)25-21-13-20(16-5-1-2-6-17(16)22(21)27)26-32(30,31)15-11-9-14(10-12-15)23(28)29/h1-13,25H,(H,28,29)/p-1. The van der Waals surface area contributed by atoms with Crippen molar-refractivity contribution in [2.75, 3.05) is 5.32 Å². The molecule has 0 amide bonds. The van der Waals surface area contributed by atoms with E-state index in [9.17, 15) is 27.5 Å². The number of carboxylic acid groups (broad SMARTS) is 1. The molecule has 0 spiro atoms. The van der Waals surface area contributed by atoms with Crippen LogP contribution in [0.25, 0.3) is 0 Å². The first kappa shape index (κ1) is 21.1. The second-order valence-corrected chi connectivity index (χ2v) is 8.41. The van der Waals surface area contributed by atoms with Crippen molar-refractivity contribution in [1.29, 1.82) is 0 Å². The van der Waals surface area contributed by atoms with Gasteiger partial charge in [-0.1, -0.05) is 48.5 Å². The second-order valence-electron chi connectivity index (χ2n) is 6.80. The molecule has 7 nitrogen and oxygen atoms in total. The number of hydrogen-bond donors (Lipinski definition) is 1. The van der Waals surface area contributed by atoms with E-state index in [0.717, 1.165) is 24.3 Å². The number of ketones is 1. The highest BCUT2D eigenvalue weighted by atomic mass is 32.2. The van der Waals surface area contributed by atoms with Crippen LogP contribution < -0.4 is 10.4 Å². The molecule has 160 valence electrons. The van der Waals surface area contributed by atoms with Crippen LogP contribution in [-0.4, -0.2) is 25.9 Å². The number of sulfonamides is 1. The van der Waals surface area contributed by atoms with Gasteiger partial charge in [0.2, 0.25) is 5.78 Å². The van der Waals surface area contributed by atoms with Gasteiger partial charge in [-0.2, -0.15) is 12.8 Å². The van der Waals surface area contributed by atoms with Gasteiger partial charge in [0.25, 0.3) is 10.0 Å². The van der Waals surface area contributed by atoms with Crippen molar-refractivity contribution in [3.63, 3.8) is 0 Å². The Morgan fingerprint density at radius 2 is 1.53 bits per heavy atom. The molecule has 0 unspecified atom stereocenters. The number of carbonyl (C=O) groups is 2. The lowest BCUT2D eigenvalue weighted by Crippen LogP contribution is -2.23. The number of nitrogens with one attached hydrogen (secondary N) is 1. The highest BCUT2D eigenvalue weighted by Gasteiger charge is 2.26. The van der Waals surface area contributed by atoms with Crippen molar-refractivity contribution in [3.05, 3.63) is 107 Å². The summed E-state index contributed by atoms with van der Waals surface area (Å²) in [5.74, 6) is -2.47. The summed E-state index contributed by atoms with van der Waals surface area (Å²) in [7, 11) is -4.25. The van der Waals surface area contributed by atoms with E-state index in [1.165, 1.54) is 30.3 Å². The van der Waals surface area contributed by atoms with Crippen LogP contribution in [0, 0.1) is 5.82 Å². The zero-order valence-corrected chi connectivity index (χ0v) is 17.1. The molecule has 0 bridgehead atoms. The summed E-state index contributed by atoms with van der Waals surface area (Å²) < 4.78 is 43.6. The number of carbonyl (C=O) groups excluding carboxylic acids is 2. The largest absolute Gasteiger partial charge is 0.545 e. The number of rotatable bonds is 5. The van der Waals surface area contributed by atoms with Gasteiger partial charge in [-0.05, 0) is 35.9 Å². The minimum Gasteiger partial charge on any atom is -0.545 e. The quantitative estimate of drug-likeness (QED) is 0.640. The van der Waals surface area contributed by atoms with E-state index in [2.05, 4.69) is 9.71 Å². The molecule has 1 aliphatic carbocycles. The first-order valence-corrected chi connectivity index (χ1v) is 10.7. The summed E-state index contributed by atoms with van der Waals surface area (Å²) in [4.78, 5) is 23.6. The molecule has 3 aromatic carbocycles. The maximum Gasteiger partial charge on any atom is 0.282 e. The molecule has 1 aliphatic rings. The van der Waals surface area contributed by atoms with E-state index in [0.29, 0.717) is 5.56 Å². The van der Waals surface area contributed by atoms with Crippen molar-refractivity contribution in [2.24, 2.45) is 4.40 Å². The Balaban J connectivity index is 1.80. The Morgan fingerprint density at radius 1 is 0.906 bits per heavy atom. The van der Waals surface area contributed by atoms with Gasteiger partial charge in [0, 0.05) is 11.1 Å². The minimum atomic E-state index is -4.25. The van der Waals surface area contributed by atoms with E-state index in [1.807, 2.05) is 0 Å². The Bertz CT molecular complexity index is 1410. The number of Topliss-reactive ketones (excluding diaryl/α,β-unsaturated/α-hetero) is 1. The number of hydrogen-bond acceptors (Lipinski definition) is 6. The predicted molar refractivity (Wildman–Crippen MR) is 113 cm³/mol. The molecule has 3 aromatic rings. The number of allylic oxidation sites excluding steroid dienone is 2. The third kappa shape index (κ3) is 4.06. The topological polar surface area (TPSA) is 116 Å². The van der Waals surface area contributed by atoms with E-state index in [-0.39, 0.29) is 33.1 Å². The second kappa shape index (κ2) is 8.20. The summed E-state index contributed by atoms with van der Waals surface area (Å²) in [6, 6.07) is 16.5. The molecule has 9 heteroatoms. The molecule has 0 heterocycles. The molecule has 0 atom stereocenters. The van der Waals surface area contributed by atoms with Crippen molar-refractivity contribution >= 4 is 33.2 Å². The van der Waals surface area contributed by atoms with E-state index < -0.39 is 27.6 Å². The highest BCUT2D eigenvalue weighted by Crippen LogP contribution is 2.26. The van der Waals surface area contributed by atoms with Crippen LogP contribution in [0.3, 0.4) is 0 Å². The fraction of sp³-hybridized carbons (Fsp3) is 0. The number of benzene rings is 3. The van der Waals surface area contributed by atoms with Gasteiger partial charge in [-0.25, -0.2) is 4.39 Å². The predicted octanol–water partition coefficient (Wildman–Crippen LogP) is 2.56. The van der Waals surface area contributed by atoms with Crippen molar-refractivity contribution < 1.29 is 27.5 Å². The number of carboxylic acids is 1. The normalized spacial score (nSPS) is 14.6. The third-order valence-corrected chi connectivity index (χ3v) is 6.03. The number of halogens is 1. The van der Waals surface area contributed by atoms with Gasteiger partial charge in [0.15, 0.2) is 0 Å². The Kier molecular flexibility index (Phi) is 5.41. The first-order valence-electron chi connectivity index (χ1n) is 9.30. The summed E-state index contributed by atoms with van der Waals surface area (Å²) in [5, 5.41) is 13.6. The van der Waals surface area contributed by atoms with Crippen LogP contribution in [0.1, 0.15) is 26.3 Å². The van der Waals surface area contributed by atoms with Gasteiger partial charge in [-0.3, -0.25) is 4.79 Å². The molecule has 0 fully saturated rings. The number of aromatic carboxylic acids is 1. The van der Waals surface area contributed by atoms with Crippen LogP contribution in [0.4, 0.5) is 10.1 Å². The third-order valence-electron chi connectivity index (χ3n) is 4.72. The molecule has 1 N–H and O–H groups in total. The van der Waals surface area contributed by atoms with Crippen LogP contribution in [0.2, 0.25) is 0 Å². The molecule has 0 saturated carbocycles. The summed E-state index contributed by atoms with van der Waals surface area (Å²) in [5.41, 5.74) is 0.299. The number of nitrogens with zero attached hydrogens (tertiary/aromatic N) is 1. The minimum absolute atomic E-state index is 0.0250. The summed E-state index contributed by atoms with van der Waals surface area (Å²) in [6.07, 6.45) is 1.24. The van der Waals surface area contributed by atoms with E-state index in [4.69, 9.17) is 0 Å². The zero-order chi connectivity index (χ0) is 22.9. The maximum absolute atomic E-state index is 14.1. The monoisotopic (exact) mass is 449 g/mol. The van der Waals surface area contributed by atoms with Crippen molar-refractivity contribution in [1.82, 2.24) is 0 Å². The van der Waals surface area contributed by atoms with Gasteiger partial charge in [0.1, 0.15) is 5.82 Å². The SMILES string of the molecule is O=C([O-])c1ccc(S(=O)(=O)N=C2C=C(Nc3ccccc3F)C(=O)c3ccccc32)cc1. The van der Waals surface area contributed by atoms with Gasteiger partial charge in [-0.15, -0.1) is 0 Å². The number of fused-ring (bicyclic) bond motifs is 1. The van der Waals surface area contributed by atoms with Crippen molar-refractivity contribution in [3.8, 4) is 0 Å². The first-order chi connectivity index (χ1) is 15.3. The lowest BCUT2D eigenvalue weighted by molar-refractivity contribution is -0.255. The smallest absolute Gasteiger partial charge is 0.282 e. The van der Waals surface area contributed by atoms with Crippen LogP contribution in [0.15, 0.2) is 93.9 Å². The van der Waals surface area contributed by atoms with E-state index >= 15 is 0 Å². The Morgan fingerprint density at radius 3 is 2.19 bits per heavy atom. The average Bonchev–Trinajstić information content (AvgIpc) is 2.78. The lowest BCUT2D eigenvalue weighted by atomic mass is 9.92. The zero-order valence-electron chi connectivity index (χ0n) is 16.3. The average molecular weight is 449 g/mol. The summed E-state index contributed by atoms with van der Waals surface area (Å²) in [6.45, 7) is 0. The lowest BCUT2D eigenvalue weighted by Gasteiger charge is -2.19. The Labute approximate surface area is 182 Å². The maximum atomic E-state index is 14.1.